The third-order valence-corrected chi connectivity index (χ3v) is 3.20. The summed E-state index contributed by atoms with van der Waals surface area (Å²) in [5.41, 5.74) is 1.62. The maximum atomic E-state index is 10.7. The lowest BCUT2D eigenvalue weighted by Gasteiger charge is -2.04. The number of aryl methyl sites for hydroxylation is 1. The Labute approximate surface area is 110 Å². The molecule has 0 aliphatic heterocycles. The van der Waals surface area contributed by atoms with Gasteiger partial charge in [0.15, 0.2) is 0 Å². The number of aromatic hydroxyl groups is 1. The van der Waals surface area contributed by atoms with Gasteiger partial charge < -0.3 is 5.11 Å². The molecule has 0 saturated carbocycles. The number of rotatable bonds is 9. The highest BCUT2D eigenvalue weighted by molar-refractivity contribution is 5.75. The summed E-state index contributed by atoms with van der Waals surface area (Å²) < 4.78 is 0. The second-order valence-electron chi connectivity index (χ2n) is 4.92. The Morgan fingerprint density at radius 3 is 2.33 bits per heavy atom. The summed E-state index contributed by atoms with van der Waals surface area (Å²) in [6.45, 7) is 2.23. The SMILES string of the molecule is CCCCCCCCCc1cc(O)cc(C=O)c1. The van der Waals surface area contributed by atoms with E-state index >= 15 is 0 Å². The van der Waals surface area contributed by atoms with Gasteiger partial charge in [0.25, 0.3) is 0 Å². The topological polar surface area (TPSA) is 37.3 Å². The van der Waals surface area contributed by atoms with Crippen LogP contribution in [0.2, 0.25) is 0 Å². The lowest BCUT2D eigenvalue weighted by Crippen LogP contribution is -1.89. The van der Waals surface area contributed by atoms with Crippen molar-refractivity contribution in [3.05, 3.63) is 29.3 Å². The summed E-state index contributed by atoms with van der Waals surface area (Å²) in [5.74, 6) is 0.192. The van der Waals surface area contributed by atoms with Crippen molar-refractivity contribution in [3.63, 3.8) is 0 Å². The van der Waals surface area contributed by atoms with Crippen molar-refractivity contribution in [2.45, 2.75) is 58.3 Å². The predicted molar refractivity (Wildman–Crippen MR) is 75.2 cm³/mol. The second kappa shape index (κ2) is 8.73. The van der Waals surface area contributed by atoms with E-state index in [0.717, 1.165) is 24.7 Å². The molecule has 0 fully saturated rings. The van der Waals surface area contributed by atoms with E-state index in [1.165, 1.54) is 44.6 Å². The third kappa shape index (κ3) is 5.85. The van der Waals surface area contributed by atoms with E-state index in [4.69, 9.17) is 0 Å². The van der Waals surface area contributed by atoms with Gasteiger partial charge in [-0.1, -0.05) is 45.4 Å². The van der Waals surface area contributed by atoms with Gasteiger partial charge in [-0.15, -0.1) is 0 Å². The van der Waals surface area contributed by atoms with Gasteiger partial charge in [0.1, 0.15) is 12.0 Å². The zero-order valence-corrected chi connectivity index (χ0v) is 11.3. The molecule has 0 aliphatic carbocycles. The van der Waals surface area contributed by atoms with Crippen molar-refractivity contribution in [2.75, 3.05) is 0 Å². The molecule has 1 aromatic carbocycles. The van der Waals surface area contributed by atoms with Crippen LogP contribution in [0.15, 0.2) is 18.2 Å². The minimum Gasteiger partial charge on any atom is -0.508 e. The van der Waals surface area contributed by atoms with Gasteiger partial charge in [-0.25, -0.2) is 0 Å². The van der Waals surface area contributed by atoms with Crippen molar-refractivity contribution in [3.8, 4) is 5.75 Å². The Morgan fingerprint density at radius 1 is 1.00 bits per heavy atom. The fraction of sp³-hybridized carbons (Fsp3) is 0.562. The second-order valence-corrected chi connectivity index (χ2v) is 4.92. The van der Waals surface area contributed by atoms with Gasteiger partial charge in [-0.3, -0.25) is 4.79 Å². The van der Waals surface area contributed by atoms with Crippen molar-refractivity contribution >= 4 is 6.29 Å². The number of aldehydes is 1. The highest BCUT2D eigenvalue weighted by atomic mass is 16.3. The molecule has 0 bridgehead atoms. The number of phenols is 1. The fourth-order valence-corrected chi connectivity index (χ4v) is 2.20. The Bertz CT molecular complexity index is 358. The standard InChI is InChI=1S/C16H24O2/c1-2-3-4-5-6-7-8-9-14-10-15(13-17)12-16(18)11-14/h10-13,18H,2-9H2,1H3. The van der Waals surface area contributed by atoms with E-state index in [1.807, 2.05) is 6.07 Å². The first-order valence-corrected chi connectivity index (χ1v) is 7.04. The Kier molecular flexibility index (Phi) is 7.16. The molecule has 1 aromatic rings. The van der Waals surface area contributed by atoms with Crippen LogP contribution in [0.4, 0.5) is 0 Å². The largest absolute Gasteiger partial charge is 0.508 e. The molecule has 2 nitrogen and oxygen atoms in total. The van der Waals surface area contributed by atoms with Crippen LogP contribution >= 0.6 is 0 Å². The average molecular weight is 248 g/mol. The van der Waals surface area contributed by atoms with Crippen LogP contribution < -0.4 is 0 Å². The van der Waals surface area contributed by atoms with Crippen molar-refractivity contribution in [2.24, 2.45) is 0 Å². The van der Waals surface area contributed by atoms with Crippen LogP contribution in [0.25, 0.3) is 0 Å². The third-order valence-electron chi connectivity index (χ3n) is 3.20. The molecule has 1 N–H and O–H groups in total. The molecule has 0 radical (unpaired) electrons. The Balaban J connectivity index is 2.22. The first-order valence-electron chi connectivity index (χ1n) is 7.04. The first kappa shape index (κ1) is 14.7. The summed E-state index contributed by atoms with van der Waals surface area (Å²) in [7, 11) is 0. The van der Waals surface area contributed by atoms with Crippen molar-refractivity contribution < 1.29 is 9.90 Å². The summed E-state index contributed by atoms with van der Waals surface area (Å²) >= 11 is 0. The highest BCUT2D eigenvalue weighted by Gasteiger charge is 2.00. The monoisotopic (exact) mass is 248 g/mol. The van der Waals surface area contributed by atoms with E-state index in [2.05, 4.69) is 6.92 Å². The minimum atomic E-state index is 0.192. The molecule has 0 spiro atoms. The van der Waals surface area contributed by atoms with Crippen molar-refractivity contribution in [1.82, 2.24) is 0 Å². The molecule has 0 saturated heterocycles. The van der Waals surface area contributed by atoms with E-state index in [0.29, 0.717) is 5.56 Å². The molecule has 0 aliphatic rings. The summed E-state index contributed by atoms with van der Waals surface area (Å²) in [5, 5.41) is 9.47. The minimum absolute atomic E-state index is 0.192. The molecular weight excluding hydrogens is 224 g/mol. The number of hydrogen-bond donors (Lipinski definition) is 1. The van der Waals surface area contributed by atoms with E-state index in [-0.39, 0.29) is 5.75 Å². The smallest absolute Gasteiger partial charge is 0.150 e. The van der Waals surface area contributed by atoms with Gasteiger partial charge in [0, 0.05) is 5.56 Å². The van der Waals surface area contributed by atoms with Gasteiger partial charge in [-0.2, -0.15) is 0 Å². The molecule has 0 atom stereocenters. The average Bonchev–Trinajstić information content (AvgIpc) is 2.37. The van der Waals surface area contributed by atoms with Crippen LogP contribution in [0.3, 0.4) is 0 Å². The number of hydrogen-bond acceptors (Lipinski definition) is 2. The van der Waals surface area contributed by atoms with Crippen molar-refractivity contribution in [1.29, 1.82) is 0 Å². The van der Waals surface area contributed by atoms with Gasteiger partial charge in [-0.05, 0) is 36.6 Å². The molecule has 0 aromatic heterocycles. The van der Waals surface area contributed by atoms with E-state index in [1.54, 1.807) is 6.07 Å². The van der Waals surface area contributed by atoms with Gasteiger partial charge in [0.2, 0.25) is 0 Å². The number of carbonyl (C=O) groups excluding carboxylic acids is 1. The molecule has 0 amide bonds. The first-order chi connectivity index (χ1) is 8.76. The zero-order valence-electron chi connectivity index (χ0n) is 11.3. The van der Waals surface area contributed by atoms with Gasteiger partial charge in [0.05, 0.1) is 0 Å². The van der Waals surface area contributed by atoms with Crippen LogP contribution in [-0.2, 0) is 6.42 Å². The van der Waals surface area contributed by atoms with Crippen LogP contribution in [0.5, 0.6) is 5.75 Å². The quantitative estimate of drug-likeness (QED) is 0.516. The Hall–Kier alpha value is -1.31. The lowest BCUT2D eigenvalue weighted by atomic mass is 10.0. The van der Waals surface area contributed by atoms with Crippen LogP contribution in [0.1, 0.15) is 67.8 Å². The molecule has 0 unspecified atom stereocenters. The number of phenolic OH excluding ortho intramolecular Hbond substituents is 1. The summed E-state index contributed by atoms with van der Waals surface area (Å²) in [6, 6.07) is 5.12. The van der Waals surface area contributed by atoms with E-state index < -0.39 is 0 Å². The number of carbonyl (C=O) groups is 1. The number of unbranched alkanes of at least 4 members (excludes halogenated alkanes) is 6. The lowest BCUT2D eigenvalue weighted by molar-refractivity contribution is 0.112. The number of benzene rings is 1. The maximum Gasteiger partial charge on any atom is 0.150 e. The summed E-state index contributed by atoms with van der Waals surface area (Å²) in [6.07, 6.45) is 10.7. The molecule has 2 heteroatoms. The van der Waals surface area contributed by atoms with Crippen LogP contribution in [0, 0.1) is 0 Å². The zero-order chi connectivity index (χ0) is 13.2. The fourth-order valence-electron chi connectivity index (χ4n) is 2.20. The molecule has 0 heterocycles. The molecule has 100 valence electrons. The Morgan fingerprint density at radius 2 is 1.67 bits per heavy atom. The maximum absolute atomic E-state index is 10.7. The van der Waals surface area contributed by atoms with E-state index in [9.17, 15) is 9.90 Å². The van der Waals surface area contributed by atoms with Crippen LogP contribution in [-0.4, -0.2) is 11.4 Å². The molecular formula is C16H24O2. The highest BCUT2D eigenvalue weighted by Crippen LogP contribution is 2.17. The molecule has 18 heavy (non-hydrogen) atoms. The predicted octanol–water partition coefficient (Wildman–Crippen LogP) is 4.50. The summed E-state index contributed by atoms with van der Waals surface area (Å²) in [4.78, 5) is 10.7. The normalized spacial score (nSPS) is 10.5. The molecule has 1 rings (SSSR count). The van der Waals surface area contributed by atoms with Gasteiger partial charge >= 0.3 is 0 Å².